The third kappa shape index (κ3) is 1.57. The number of hydrogen-bond donors (Lipinski definition) is 1. The lowest BCUT2D eigenvalue weighted by Crippen LogP contribution is -2.38. The van der Waals surface area contributed by atoms with E-state index in [1.54, 1.807) is 18.2 Å². The minimum Gasteiger partial charge on any atom is -0.480 e. The molecule has 1 amide bonds. The fourth-order valence-electron chi connectivity index (χ4n) is 2.28. The van der Waals surface area contributed by atoms with Gasteiger partial charge >= 0.3 is 5.97 Å². The minimum absolute atomic E-state index is 0.148. The molecule has 0 saturated carbocycles. The Balaban J connectivity index is 1.98. The Bertz CT molecular complexity index is 527. The van der Waals surface area contributed by atoms with Crippen LogP contribution in [0.3, 0.4) is 0 Å². The number of carbonyl (C=O) groups is 2. The second-order valence-corrected chi connectivity index (χ2v) is 4.19. The third-order valence-electron chi connectivity index (χ3n) is 3.13. The van der Waals surface area contributed by atoms with Crippen molar-refractivity contribution < 1.29 is 24.2 Å². The predicted molar refractivity (Wildman–Crippen MR) is 60.7 cm³/mol. The number of carboxylic acids is 1. The smallest absolute Gasteiger partial charge is 0.326 e. The van der Waals surface area contributed by atoms with Crippen molar-refractivity contribution in [3.63, 3.8) is 0 Å². The molecule has 1 fully saturated rings. The Morgan fingerprint density at radius 2 is 2.11 bits per heavy atom. The molecule has 0 bridgehead atoms. The molecule has 1 N–H and O–H groups in total. The molecule has 1 aromatic carbocycles. The van der Waals surface area contributed by atoms with Crippen molar-refractivity contribution in [3.8, 4) is 11.5 Å². The molecule has 6 nitrogen and oxygen atoms in total. The lowest BCUT2D eigenvalue weighted by atomic mass is 10.2. The van der Waals surface area contributed by atoms with E-state index >= 15 is 0 Å². The molecule has 1 atom stereocenters. The monoisotopic (exact) mass is 249 g/mol. The number of aliphatic carboxylic acids is 1. The molecule has 0 spiro atoms. The van der Waals surface area contributed by atoms with Gasteiger partial charge in [0.1, 0.15) is 6.04 Å². The van der Waals surface area contributed by atoms with Gasteiger partial charge < -0.3 is 14.6 Å². The van der Waals surface area contributed by atoms with Gasteiger partial charge in [-0.1, -0.05) is 0 Å². The van der Waals surface area contributed by atoms with Crippen LogP contribution in [-0.4, -0.2) is 29.8 Å². The van der Waals surface area contributed by atoms with Crippen molar-refractivity contribution in [2.24, 2.45) is 0 Å². The molecule has 94 valence electrons. The van der Waals surface area contributed by atoms with E-state index in [0.29, 0.717) is 23.6 Å². The second kappa shape index (κ2) is 3.90. The molecule has 0 aromatic heterocycles. The zero-order chi connectivity index (χ0) is 12.7. The number of ether oxygens (including phenoxy) is 2. The summed E-state index contributed by atoms with van der Waals surface area (Å²) < 4.78 is 10.4. The maximum absolute atomic E-state index is 11.8. The fourth-order valence-corrected chi connectivity index (χ4v) is 2.28. The standard InChI is InChI=1S/C12H11NO5/c14-11-4-2-8(12(15)16)13(11)7-1-3-9-10(5-7)18-6-17-9/h1,3,5,8H,2,4,6H2,(H,15,16)/t8-/m1/s1. The highest BCUT2D eigenvalue weighted by Gasteiger charge is 2.37. The number of fused-ring (bicyclic) bond motifs is 1. The van der Waals surface area contributed by atoms with Crippen LogP contribution < -0.4 is 14.4 Å². The van der Waals surface area contributed by atoms with Crippen LogP contribution in [0, 0.1) is 0 Å². The summed E-state index contributed by atoms with van der Waals surface area (Å²) in [7, 11) is 0. The van der Waals surface area contributed by atoms with Crippen LogP contribution in [0.4, 0.5) is 5.69 Å². The molecule has 6 heteroatoms. The average Bonchev–Trinajstić information content (AvgIpc) is 2.93. The summed E-state index contributed by atoms with van der Waals surface area (Å²) in [5, 5.41) is 9.11. The molecule has 0 unspecified atom stereocenters. The average molecular weight is 249 g/mol. The first-order chi connectivity index (χ1) is 8.66. The lowest BCUT2D eigenvalue weighted by Gasteiger charge is -2.21. The van der Waals surface area contributed by atoms with Gasteiger partial charge in [-0.3, -0.25) is 9.69 Å². The summed E-state index contributed by atoms with van der Waals surface area (Å²) >= 11 is 0. The third-order valence-corrected chi connectivity index (χ3v) is 3.13. The van der Waals surface area contributed by atoms with E-state index in [1.807, 2.05) is 0 Å². The van der Waals surface area contributed by atoms with Gasteiger partial charge in [-0.25, -0.2) is 4.79 Å². The van der Waals surface area contributed by atoms with Gasteiger partial charge in [-0.05, 0) is 18.6 Å². The van der Waals surface area contributed by atoms with Crippen LogP contribution in [0.1, 0.15) is 12.8 Å². The van der Waals surface area contributed by atoms with Gasteiger partial charge in [0.05, 0.1) is 0 Å². The molecule has 3 rings (SSSR count). The van der Waals surface area contributed by atoms with Crippen LogP contribution in [0.2, 0.25) is 0 Å². The van der Waals surface area contributed by atoms with E-state index in [0.717, 1.165) is 0 Å². The molecule has 1 saturated heterocycles. The van der Waals surface area contributed by atoms with Crippen molar-refractivity contribution in [1.29, 1.82) is 0 Å². The highest BCUT2D eigenvalue weighted by atomic mass is 16.7. The van der Waals surface area contributed by atoms with Crippen molar-refractivity contribution >= 4 is 17.6 Å². The molecule has 1 aromatic rings. The summed E-state index contributed by atoms with van der Waals surface area (Å²) in [6.07, 6.45) is 0.591. The van der Waals surface area contributed by atoms with Gasteiger partial charge in [0.15, 0.2) is 11.5 Å². The van der Waals surface area contributed by atoms with Crippen LogP contribution in [0.15, 0.2) is 18.2 Å². The van der Waals surface area contributed by atoms with E-state index in [-0.39, 0.29) is 19.1 Å². The van der Waals surface area contributed by atoms with Gasteiger partial charge in [0, 0.05) is 18.2 Å². The van der Waals surface area contributed by atoms with E-state index in [9.17, 15) is 9.59 Å². The normalized spacial score (nSPS) is 21.4. The molecule has 2 aliphatic heterocycles. The Labute approximate surface area is 103 Å². The SMILES string of the molecule is O=C(O)[C@H]1CCC(=O)N1c1ccc2c(c1)OCO2. The van der Waals surface area contributed by atoms with Crippen LogP contribution >= 0.6 is 0 Å². The zero-order valence-corrected chi connectivity index (χ0v) is 9.46. The Morgan fingerprint density at radius 1 is 1.33 bits per heavy atom. The molecule has 0 radical (unpaired) electrons. The first kappa shape index (κ1) is 10.9. The molecule has 0 aliphatic carbocycles. The van der Waals surface area contributed by atoms with Crippen molar-refractivity contribution in [2.75, 3.05) is 11.7 Å². The van der Waals surface area contributed by atoms with Gasteiger partial charge in [-0.2, -0.15) is 0 Å². The summed E-state index contributed by atoms with van der Waals surface area (Å²) in [5.74, 6) is -0.0200. The summed E-state index contributed by atoms with van der Waals surface area (Å²) in [4.78, 5) is 24.2. The number of anilines is 1. The van der Waals surface area contributed by atoms with E-state index in [4.69, 9.17) is 14.6 Å². The molecule has 18 heavy (non-hydrogen) atoms. The Hall–Kier alpha value is -2.24. The van der Waals surface area contributed by atoms with Gasteiger partial charge in [0.25, 0.3) is 0 Å². The summed E-state index contributed by atoms with van der Waals surface area (Å²) in [6.45, 7) is 0.148. The first-order valence-corrected chi connectivity index (χ1v) is 5.61. The maximum Gasteiger partial charge on any atom is 0.326 e. The van der Waals surface area contributed by atoms with Crippen LogP contribution in [-0.2, 0) is 9.59 Å². The summed E-state index contributed by atoms with van der Waals surface area (Å²) in [6, 6.07) is 4.20. The highest BCUT2D eigenvalue weighted by Crippen LogP contribution is 2.37. The minimum atomic E-state index is -0.987. The number of carboxylic acid groups (broad SMARTS) is 1. The molecular formula is C12H11NO5. The number of rotatable bonds is 2. The quantitative estimate of drug-likeness (QED) is 0.846. The molecule has 2 heterocycles. The van der Waals surface area contributed by atoms with Gasteiger partial charge in [-0.15, -0.1) is 0 Å². The number of carbonyl (C=O) groups excluding carboxylic acids is 1. The second-order valence-electron chi connectivity index (χ2n) is 4.19. The highest BCUT2D eigenvalue weighted by molar-refractivity contribution is 6.02. The lowest BCUT2D eigenvalue weighted by molar-refractivity contribution is -0.138. The number of hydrogen-bond acceptors (Lipinski definition) is 4. The number of benzene rings is 1. The Morgan fingerprint density at radius 3 is 2.89 bits per heavy atom. The number of nitrogens with zero attached hydrogens (tertiary/aromatic N) is 1. The van der Waals surface area contributed by atoms with Crippen molar-refractivity contribution in [3.05, 3.63) is 18.2 Å². The van der Waals surface area contributed by atoms with E-state index in [1.165, 1.54) is 4.90 Å². The maximum atomic E-state index is 11.8. The summed E-state index contributed by atoms with van der Waals surface area (Å²) in [5.41, 5.74) is 0.536. The van der Waals surface area contributed by atoms with E-state index in [2.05, 4.69) is 0 Å². The molecule has 2 aliphatic rings. The van der Waals surface area contributed by atoms with Crippen LogP contribution in [0.25, 0.3) is 0 Å². The largest absolute Gasteiger partial charge is 0.480 e. The molecular weight excluding hydrogens is 238 g/mol. The van der Waals surface area contributed by atoms with Crippen molar-refractivity contribution in [1.82, 2.24) is 0 Å². The van der Waals surface area contributed by atoms with E-state index < -0.39 is 12.0 Å². The zero-order valence-electron chi connectivity index (χ0n) is 9.46. The number of amides is 1. The fraction of sp³-hybridized carbons (Fsp3) is 0.333. The topological polar surface area (TPSA) is 76.1 Å². The first-order valence-electron chi connectivity index (χ1n) is 5.61. The van der Waals surface area contributed by atoms with Crippen LogP contribution in [0.5, 0.6) is 11.5 Å². The predicted octanol–water partition coefficient (Wildman–Crippen LogP) is 0.995. The van der Waals surface area contributed by atoms with Crippen molar-refractivity contribution in [2.45, 2.75) is 18.9 Å². The van der Waals surface area contributed by atoms with Gasteiger partial charge in [0.2, 0.25) is 12.7 Å². The Kier molecular flexibility index (Phi) is 2.36.